The van der Waals surface area contributed by atoms with Gasteiger partial charge in [-0.05, 0) is 43.9 Å². The lowest BCUT2D eigenvalue weighted by molar-refractivity contribution is 0.0471. The number of pyridine rings is 1. The molecule has 8 heteroatoms. The van der Waals surface area contributed by atoms with Crippen molar-refractivity contribution in [3.05, 3.63) is 40.8 Å². The first kappa shape index (κ1) is 19.6. The summed E-state index contributed by atoms with van der Waals surface area (Å²) in [4.78, 5) is 22.8. The van der Waals surface area contributed by atoms with Crippen LogP contribution in [0.1, 0.15) is 25.7 Å². The predicted octanol–water partition coefficient (Wildman–Crippen LogP) is 2.43. The van der Waals surface area contributed by atoms with Crippen molar-refractivity contribution in [2.24, 2.45) is 12.8 Å². The van der Waals surface area contributed by atoms with E-state index in [2.05, 4.69) is 0 Å². The van der Waals surface area contributed by atoms with Crippen LogP contribution in [0.15, 0.2) is 35.3 Å². The number of hydrogen-bond donors (Lipinski definition) is 2. The van der Waals surface area contributed by atoms with Crippen LogP contribution >= 0.6 is 0 Å². The van der Waals surface area contributed by atoms with Crippen molar-refractivity contribution >= 4 is 11.8 Å². The highest BCUT2D eigenvalue weighted by atomic mass is 16.6. The van der Waals surface area contributed by atoms with E-state index < -0.39 is 6.09 Å². The van der Waals surface area contributed by atoms with Crippen LogP contribution in [0.2, 0.25) is 0 Å². The summed E-state index contributed by atoms with van der Waals surface area (Å²) in [6.07, 6.45) is 3.66. The minimum atomic E-state index is -0.744. The number of nitrogens with two attached hydrogens (primary N) is 2. The van der Waals surface area contributed by atoms with E-state index in [-0.39, 0.29) is 17.8 Å². The molecule has 2 aromatic rings. The fourth-order valence-corrected chi connectivity index (χ4v) is 3.46. The van der Waals surface area contributed by atoms with Gasteiger partial charge in [-0.2, -0.15) is 0 Å². The minimum Gasteiger partial charge on any atom is -0.496 e. The molecule has 4 N–H and O–H groups in total. The molecule has 0 radical (unpaired) electrons. The molecule has 1 aliphatic rings. The number of hydrogen-bond acceptors (Lipinski definition) is 6. The van der Waals surface area contributed by atoms with Crippen molar-refractivity contribution in [2.45, 2.75) is 37.9 Å². The van der Waals surface area contributed by atoms with E-state index in [0.29, 0.717) is 30.0 Å². The molecule has 1 aromatic heterocycles. The van der Waals surface area contributed by atoms with Crippen LogP contribution in [0.3, 0.4) is 0 Å². The number of carbonyl (C=O) groups excluding carboxylic acids is 1. The van der Waals surface area contributed by atoms with E-state index in [9.17, 15) is 9.59 Å². The molecule has 3 rings (SSSR count). The first-order chi connectivity index (χ1) is 13.4. The molecule has 1 heterocycles. The number of anilines is 1. The summed E-state index contributed by atoms with van der Waals surface area (Å²) in [6.45, 7) is 0. The highest BCUT2D eigenvalue weighted by Gasteiger charge is 2.25. The van der Waals surface area contributed by atoms with Crippen molar-refractivity contribution in [3.63, 3.8) is 0 Å². The van der Waals surface area contributed by atoms with Gasteiger partial charge >= 0.3 is 6.09 Å². The van der Waals surface area contributed by atoms with Crippen LogP contribution in [0.4, 0.5) is 10.5 Å². The molecule has 0 aliphatic heterocycles. The SMILES string of the molecule is COc1cc(=O)n(C)cc1-c1cc(N)ccc1O[C@H]1CC[C@H](OC(N)=O)CC1. The molecule has 1 aromatic carbocycles. The maximum absolute atomic E-state index is 11.9. The number of methoxy groups -OCH3 is 1. The Morgan fingerprint density at radius 3 is 2.39 bits per heavy atom. The molecule has 1 fully saturated rings. The van der Waals surface area contributed by atoms with Crippen LogP contribution in [0.25, 0.3) is 11.1 Å². The van der Waals surface area contributed by atoms with Gasteiger partial charge in [0.15, 0.2) is 0 Å². The molecule has 0 saturated heterocycles. The fourth-order valence-electron chi connectivity index (χ4n) is 3.46. The Kier molecular flexibility index (Phi) is 5.77. The number of nitrogens with zero attached hydrogens (tertiary/aromatic N) is 1. The second-order valence-corrected chi connectivity index (χ2v) is 6.91. The molecular formula is C20H25N3O5. The molecule has 150 valence electrons. The average molecular weight is 387 g/mol. The monoisotopic (exact) mass is 387 g/mol. The number of primary amides is 1. The molecule has 0 spiro atoms. The summed E-state index contributed by atoms with van der Waals surface area (Å²) < 4.78 is 18.2. The van der Waals surface area contributed by atoms with Gasteiger partial charge in [-0.25, -0.2) is 4.79 Å². The highest BCUT2D eigenvalue weighted by molar-refractivity contribution is 5.77. The van der Waals surface area contributed by atoms with Crippen LogP contribution < -0.4 is 26.5 Å². The number of ether oxygens (including phenoxy) is 3. The molecule has 1 aliphatic carbocycles. The second-order valence-electron chi connectivity index (χ2n) is 6.91. The molecule has 0 bridgehead atoms. The van der Waals surface area contributed by atoms with Crippen LogP contribution in [0, 0.1) is 0 Å². The van der Waals surface area contributed by atoms with Gasteiger partial charge in [-0.3, -0.25) is 4.79 Å². The Hall–Kier alpha value is -3.16. The van der Waals surface area contributed by atoms with Gasteiger partial charge in [0.1, 0.15) is 17.6 Å². The third-order valence-electron chi connectivity index (χ3n) is 4.90. The van der Waals surface area contributed by atoms with Gasteiger partial charge in [0.25, 0.3) is 5.56 Å². The van der Waals surface area contributed by atoms with E-state index in [1.807, 2.05) is 6.07 Å². The van der Waals surface area contributed by atoms with E-state index in [4.69, 9.17) is 25.7 Å². The Bertz CT molecular complexity index is 917. The van der Waals surface area contributed by atoms with Gasteiger partial charge in [0.2, 0.25) is 0 Å². The third-order valence-corrected chi connectivity index (χ3v) is 4.90. The number of benzene rings is 1. The molecule has 8 nitrogen and oxygen atoms in total. The maximum Gasteiger partial charge on any atom is 0.404 e. The van der Waals surface area contributed by atoms with Crippen molar-refractivity contribution in [1.82, 2.24) is 4.57 Å². The van der Waals surface area contributed by atoms with Crippen molar-refractivity contribution in [1.29, 1.82) is 0 Å². The van der Waals surface area contributed by atoms with Crippen LogP contribution in [-0.2, 0) is 11.8 Å². The molecular weight excluding hydrogens is 362 g/mol. The number of rotatable bonds is 5. The first-order valence-electron chi connectivity index (χ1n) is 9.14. The zero-order valence-corrected chi connectivity index (χ0v) is 16.0. The van der Waals surface area contributed by atoms with Gasteiger partial charge in [-0.15, -0.1) is 0 Å². The number of carbonyl (C=O) groups is 1. The summed E-state index contributed by atoms with van der Waals surface area (Å²) in [5, 5.41) is 0. The Morgan fingerprint density at radius 2 is 1.75 bits per heavy atom. The van der Waals surface area contributed by atoms with Crippen molar-refractivity contribution in [3.8, 4) is 22.6 Å². The summed E-state index contributed by atoms with van der Waals surface area (Å²) in [5.41, 5.74) is 13.0. The average Bonchev–Trinajstić information content (AvgIpc) is 2.66. The number of aryl methyl sites for hydroxylation is 1. The smallest absolute Gasteiger partial charge is 0.404 e. The summed E-state index contributed by atoms with van der Waals surface area (Å²) in [6, 6.07) is 6.84. The van der Waals surface area contributed by atoms with Gasteiger partial charge < -0.3 is 30.2 Å². The third kappa shape index (κ3) is 4.39. The number of aromatic nitrogens is 1. The van der Waals surface area contributed by atoms with E-state index in [0.717, 1.165) is 24.0 Å². The fraction of sp³-hybridized carbons (Fsp3) is 0.400. The molecule has 28 heavy (non-hydrogen) atoms. The van der Waals surface area contributed by atoms with Crippen molar-refractivity contribution < 1.29 is 19.0 Å². The topological polar surface area (TPSA) is 119 Å². The predicted molar refractivity (Wildman–Crippen MR) is 105 cm³/mol. The van der Waals surface area contributed by atoms with E-state index in [1.54, 1.807) is 25.4 Å². The highest BCUT2D eigenvalue weighted by Crippen LogP contribution is 2.38. The zero-order chi connectivity index (χ0) is 20.3. The minimum absolute atomic E-state index is 0.0198. The lowest BCUT2D eigenvalue weighted by Gasteiger charge is -2.29. The lowest BCUT2D eigenvalue weighted by atomic mass is 9.94. The quantitative estimate of drug-likeness (QED) is 0.761. The largest absolute Gasteiger partial charge is 0.496 e. The number of amides is 1. The summed E-state index contributed by atoms with van der Waals surface area (Å²) in [7, 11) is 3.20. The second kappa shape index (κ2) is 8.24. The van der Waals surface area contributed by atoms with Gasteiger partial charge in [0.05, 0.1) is 13.2 Å². The van der Waals surface area contributed by atoms with Crippen LogP contribution in [-0.4, -0.2) is 30.0 Å². The Labute approximate surface area is 163 Å². The van der Waals surface area contributed by atoms with Gasteiger partial charge in [0, 0.05) is 36.1 Å². The first-order valence-corrected chi connectivity index (χ1v) is 9.14. The van der Waals surface area contributed by atoms with Gasteiger partial charge in [-0.1, -0.05) is 0 Å². The molecule has 0 atom stereocenters. The molecule has 1 amide bonds. The molecule has 0 unspecified atom stereocenters. The number of nitrogen functional groups attached to an aromatic ring is 1. The Balaban J connectivity index is 1.86. The standard InChI is InChI=1S/C20H25N3O5/c1-23-11-16(18(26-2)10-19(23)24)15-9-12(21)3-8-17(15)27-13-4-6-14(7-5-13)28-20(22)25/h3,8-11,13-14H,4-7,21H2,1-2H3,(H2,22,25)/t13-,14-. The zero-order valence-electron chi connectivity index (χ0n) is 16.0. The maximum atomic E-state index is 11.9. The van der Waals surface area contributed by atoms with E-state index in [1.165, 1.54) is 17.7 Å². The molecule has 1 saturated carbocycles. The van der Waals surface area contributed by atoms with Crippen molar-refractivity contribution in [2.75, 3.05) is 12.8 Å². The summed E-state index contributed by atoms with van der Waals surface area (Å²) >= 11 is 0. The lowest BCUT2D eigenvalue weighted by Crippen LogP contribution is -2.31. The van der Waals surface area contributed by atoms with E-state index >= 15 is 0 Å². The normalized spacial score (nSPS) is 19.1. The Morgan fingerprint density at radius 1 is 1.07 bits per heavy atom. The van der Waals surface area contributed by atoms with Crippen LogP contribution in [0.5, 0.6) is 11.5 Å². The summed E-state index contributed by atoms with van der Waals surface area (Å²) in [5.74, 6) is 1.11.